The summed E-state index contributed by atoms with van der Waals surface area (Å²) in [5, 5.41) is 6.74. The van der Waals surface area contributed by atoms with Gasteiger partial charge in [-0.05, 0) is 43.9 Å². The Balaban J connectivity index is 1.69. The highest BCUT2D eigenvalue weighted by Crippen LogP contribution is 2.33. The summed E-state index contributed by atoms with van der Waals surface area (Å²) in [7, 11) is 9.12. The van der Waals surface area contributed by atoms with E-state index in [2.05, 4.69) is 20.5 Å². The van der Waals surface area contributed by atoms with Gasteiger partial charge in [0.25, 0.3) is 0 Å². The second kappa shape index (κ2) is 10.8. The van der Waals surface area contributed by atoms with Crippen LogP contribution in [0.25, 0.3) is 0 Å². The molecule has 2 aromatic rings. The number of hydrogen-bond acceptors (Lipinski definition) is 6. The van der Waals surface area contributed by atoms with Crippen LogP contribution in [0.1, 0.15) is 18.0 Å². The third-order valence-corrected chi connectivity index (χ3v) is 5.11. The average Bonchev–Trinajstić information content (AvgIpc) is 3.03. The molecular formula is C23H32N4O4. The third kappa shape index (κ3) is 5.73. The van der Waals surface area contributed by atoms with Gasteiger partial charge in [0.1, 0.15) is 0 Å². The van der Waals surface area contributed by atoms with Gasteiger partial charge < -0.3 is 34.5 Å². The van der Waals surface area contributed by atoms with E-state index in [0.29, 0.717) is 37.2 Å². The number of fused-ring (bicyclic) bond motifs is 1. The van der Waals surface area contributed by atoms with E-state index >= 15 is 0 Å². The van der Waals surface area contributed by atoms with Crippen molar-refractivity contribution >= 4 is 11.6 Å². The molecule has 0 radical (unpaired) electrons. The van der Waals surface area contributed by atoms with Gasteiger partial charge in [0.05, 0.1) is 33.5 Å². The van der Waals surface area contributed by atoms with E-state index in [1.165, 1.54) is 0 Å². The van der Waals surface area contributed by atoms with E-state index in [4.69, 9.17) is 18.9 Å². The molecule has 8 nitrogen and oxygen atoms in total. The fourth-order valence-corrected chi connectivity index (χ4v) is 3.41. The minimum Gasteiger partial charge on any atom is -0.493 e. The first-order chi connectivity index (χ1) is 15.0. The number of benzene rings is 2. The van der Waals surface area contributed by atoms with Crippen molar-refractivity contribution in [2.24, 2.45) is 4.99 Å². The van der Waals surface area contributed by atoms with Crippen molar-refractivity contribution in [1.82, 2.24) is 10.2 Å². The number of nitrogens with one attached hydrogen (secondary N) is 2. The molecule has 31 heavy (non-hydrogen) atoms. The number of anilines is 1. The van der Waals surface area contributed by atoms with Crippen LogP contribution in [0, 0.1) is 0 Å². The minimum absolute atomic E-state index is 0.0992. The number of ether oxygens (including phenoxy) is 4. The van der Waals surface area contributed by atoms with E-state index in [1.807, 2.05) is 50.5 Å². The Morgan fingerprint density at radius 2 is 1.77 bits per heavy atom. The van der Waals surface area contributed by atoms with Crippen LogP contribution in [0.5, 0.6) is 23.0 Å². The molecule has 1 unspecified atom stereocenters. The Morgan fingerprint density at radius 1 is 1.03 bits per heavy atom. The van der Waals surface area contributed by atoms with Gasteiger partial charge in [-0.25, -0.2) is 0 Å². The molecule has 1 atom stereocenters. The topological polar surface area (TPSA) is 76.6 Å². The van der Waals surface area contributed by atoms with Gasteiger partial charge in [-0.1, -0.05) is 6.07 Å². The summed E-state index contributed by atoms with van der Waals surface area (Å²) in [6.45, 7) is 1.97. The Hall–Kier alpha value is -3.13. The van der Waals surface area contributed by atoms with Crippen LogP contribution >= 0.6 is 0 Å². The van der Waals surface area contributed by atoms with E-state index < -0.39 is 0 Å². The van der Waals surface area contributed by atoms with Crippen molar-refractivity contribution in [3.8, 4) is 23.0 Å². The highest BCUT2D eigenvalue weighted by atomic mass is 16.5. The lowest BCUT2D eigenvalue weighted by molar-refractivity contribution is 0.296. The molecule has 2 aromatic carbocycles. The van der Waals surface area contributed by atoms with Crippen LogP contribution in [0.15, 0.2) is 41.4 Å². The van der Waals surface area contributed by atoms with E-state index in [0.717, 1.165) is 29.2 Å². The summed E-state index contributed by atoms with van der Waals surface area (Å²) < 4.78 is 22.3. The maximum atomic E-state index is 5.78. The van der Waals surface area contributed by atoms with Gasteiger partial charge in [-0.2, -0.15) is 0 Å². The summed E-state index contributed by atoms with van der Waals surface area (Å²) in [6.07, 6.45) is 0.878. The highest BCUT2D eigenvalue weighted by molar-refractivity contribution is 5.93. The van der Waals surface area contributed by atoms with Gasteiger partial charge in [0.15, 0.2) is 29.0 Å². The monoisotopic (exact) mass is 428 g/mol. The number of rotatable bonds is 7. The number of likely N-dealkylation sites (N-methyl/N-ethyl adjacent to an activating group) is 1. The van der Waals surface area contributed by atoms with E-state index in [9.17, 15) is 0 Å². The highest BCUT2D eigenvalue weighted by Gasteiger charge is 2.18. The summed E-state index contributed by atoms with van der Waals surface area (Å²) in [5.41, 5.74) is 1.99. The number of guanidine groups is 1. The smallest absolute Gasteiger partial charge is 0.195 e. The summed E-state index contributed by atoms with van der Waals surface area (Å²) in [4.78, 5) is 6.51. The molecule has 8 heteroatoms. The maximum Gasteiger partial charge on any atom is 0.195 e. The Kier molecular flexibility index (Phi) is 7.83. The molecular weight excluding hydrogens is 396 g/mol. The Morgan fingerprint density at radius 3 is 2.45 bits per heavy atom. The molecule has 0 saturated heterocycles. The molecule has 0 aromatic heterocycles. The van der Waals surface area contributed by atoms with Gasteiger partial charge in [0, 0.05) is 31.8 Å². The van der Waals surface area contributed by atoms with Gasteiger partial charge >= 0.3 is 0 Å². The van der Waals surface area contributed by atoms with E-state index in [1.54, 1.807) is 21.3 Å². The lowest BCUT2D eigenvalue weighted by Crippen LogP contribution is -2.38. The zero-order valence-corrected chi connectivity index (χ0v) is 18.9. The minimum atomic E-state index is 0.0992. The van der Waals surface area contributed by atoms with Crippen LogP contribution in [-0.4, -0.2) is 66.0 Å². The molecule has 1 aliphatic heterocycles. The fourth-order valence-electron chi connectivity index (χ4n) is 3.41. The lowest BCUT2D eigenvalue weighted by Gasteiger charge is -2.26. The zero-order chi connectivity index (χ0) is 22.2. The zero-order valence-electron chi connectivity index (χ0n) is 18.9. The molecule has 0 amide bonds. The van der Waals surface area contributed by atoms with Crippen LogP contribution in [0.2, 0.25) is 0 Å². The fraction of sp³-hybridized carbons (Fsp3) is 0.435. The second-order valence-corrected chi connectivity index (χ2v) is 7.38. The molecule has 3 rings (SSSR count). The van der Waals surface area contributed by atoms with Crippen molar-refractivity contribution in [3.63, 3.8) is 0 Å². The van der Waals surface area contributed by atoms with Crippen molar-refractivity contribution < 1.29 is 18.9 Å². The number of hydrogen-bond donors (Lipinski definition) is 2. The van der Waals surface area contributed by atoms with Crippen molar-refractivity contribution in [3.05, 3.63) is 42.0 Å². The molecule has 0 bridgehead atoms. The molecule has 0 spiro atoms. The first-order valence-corrected chi connectivity index (χ1v) is 10.3. The molecule has 168 valence electrons. The molecule has 2 N–H and O–H groups in total. The molecule has 0 fully saturated rings. The first kappa shape index (κ1) is 22.6. The predicted molar refractivity (Wildman–Crippen MR) is 123 cm³/mol. The SMILES string of the molecule is CN=C(NCC(c1ccc(OC)c(OC)c1)N(C)C)Nc1ccc2c(c1)OCCCO2. The normalized spacial score (nSPS) is 14.6. The average molecular weight is 429 g/mol. The van der Waals surface area contributed by atoms with Crippen molar-refractivity contribution in [1.29, 1.82) is 0 Å². The summed E-state index contributed by atoms with van der Waals surface area (Å²) in [5.74, 6) is 3.61. The Bertz CT molecular complexity index is 901. The van der Waals surface area contributed by atoms with Crippen molar-refractivity contribution in [2.45, 2.75) is 12.5 Å². The first-order valence-electron chi connectivity index (χ1n) is 10.3. The number of nitrogens with zero attached hydrogens (tertiary/aromatic N) is 2. The summed E-state index contributed by atoms with van der Waals surface area (Å²) in [6, 6.07) is 11.9. The van der Waals surface area contributed by atoms with Crippen LogP contribution in [0.4, 0.5) is 5.69 Å². The van der Waals surface area contributed by atoms with Crippen LogP contribution in [0.3, 0.4) is 0 Å². The summed E-state index contributed by atoms with van der Waals surface area (Å²) >= 11 is 0. The Labute approximate surface area is 184 Å². The third-order valence-electron chi connectivity index (χ3n) is 5.11. The quantitative estimate of drug-likeness (QED) is 0.518. The van der Waals surface area contributed by atoms with Crippen LogP contribution < -0.4 is 29.6 Å². The maximum absolute atomic E-state index is 5.78. The second-order valence-electron chi connectivity index (χ2n) is 7.38. The largest absolute Gasteiger partial charge is 0.493 e. The molecule has 1 heterocycles. The number of aliphatic imine (C=N–C) groups is 1. The number of methoxy groups -OCH3 is 2. The van der Waals surface area contributed by atoms with Crippen LogP contribution in [-0.2, 0) is 0 Å². The molecule has 0 aliphatic carbocycles. The molecule has 0 saturated carbocycles. The van der Waals surface area contributed by atoms with Crippen molar-refractivity contribution in [2.75, 3.05) is 60.4 Å². The molecule has 1 aliphatic rings. The van der Waals surface area contributed by atoms with E-state index in [-0.39, 0.29) is 6.04 Å². The lowest BCUT2D eigenvalue weighted by atomic mass is 10.1. The van der Waals surface area contributed by atoms with Gasteiger partial charge in [0.2, 0.25) is 0 Å². The standard InChI is InChI=1S/C23H32N4O4/c1-24-23(26-17-8-10-20-22(14-17)31-12-6-11-30-20)25-15-18(27(2)3)16-7-9-19(28-4)21(13-16)29-5/h7-10,13-14,18H,6,11-12,15H2,1-5H3,(H2,24,25,26). The van der Waals surface area contributed by atoms with Gasteiger partial charge in [-0.3, -0.25) is 4.99 Å². The van der Waals surface area contributed by atoms with Gasteiger partial charge in [-0.15, -0.1) is 0 Å². The predicted octanol–water partition coefficient (Wildman–Crippen LogP) is 3.16.